The molecule has 5 heteroatoms. The van der Waals surface area contributed by atoms with Crippen LogP contribution in [0.1, 0.15) is 18.4 Å². The molecule has 0 bridgehead atoms. The van der Waals surface area contributed by atoms with Crippen LogP contribution in [-0.2, 0) is 6.42 Å². The molecular weight excluding hydrogens is 230 g/mol. The number of likely N-dealkylation sites (tertiary alicyclic amines) is 1. The molecule has 0 spiro atoms. The van der Waals surface area contributed by atoms with Crippen molar-refractivity contribution in [3.8, 4) is 0 Å². The number of nitrogens with two attached hydrogens (primary N) is 1. The van der Waals surface area contributed by atoms with Crippen LogP contribution in [0.2, 0.25) is 0 Å². The van der Waals surface area contributed by atoms with Gasteiger partial charge in [-0.05, 0) is 32.4 Å². The quantitative estimate of drug-likeness (QED) is 0.649. The fourth-order valence-corrected chi connectivity index (χ4v) is 2.36. The number of benzene rings is 1. The summed E-state index contributed by atoms with van der Waals surface area (Å²) in [5.74, 6) is 0. The fourth-order valence-electron chi connectivity index (χ4n) is 2.36. The van der Waals surface area contributed by atoms with Gasteiger partial charge in [0, 0.05) is 24.2 Å². The number of hydrogen-bond acceptors (Lipinski definition) is 4. The van der Waals surface area contributed by atoms with Crippen LogP contribution < -0.4 is 5.73 Å². The van der Waals surface area contributed by atoms with Gasteiger partial charge in [-0.1, -0.05) is 18.2 Å². The van der Waals surface area contributed by atoms with E-state index in [1.807, 2.05) is 12.1 Å². The SMILES string of the molecule is NC1CCN(CCc2ccccc2[N+](=O)[O-])CC1. The topological polar surface area (TPSA) is 72.4 Å². The molecule has 0 aliphatic carbocycles. The molecule has 1 aromatic rings. The van der Waals surface area contributed by atoms with Gasteiger partial charge < -0.3 is 10.6 Å². The first-order valence-electron chi connectivity index (χ1n) is 6.37. The minimum absolute atomic E-state index is 0.228. The van der Waals surface area contributed by atoms with Gasteiger partial charge >= 0.3 is 0 Å². The van der Waals surface area contributed by atoms with E-state index in [0.717, 1.165) is 44.5 Å². The number of para-hydroxylation sites is 1. The van der Waals surface area contributed by atoms with Crippen LogP contribution in [0.15, 0.2) is 24.3 Å². The molecule has 98 valence electrons. The van der Waals surface area contributed by atoms with E-state index in [1.54, 1.807) is 12.1 Å². The summed E-state index contributed by atoms with van der Waals surface area (Å²) in [6.45, 7) is 2.88. The Balaban J connectivity index is 1.92. The van der Waals surface area contributed by atoms with Crippen LogP contribution in [0.4, 0.5) is 5.69 Å². The maximum Gasteiger partial charge on any atom is 0.272 e. The van der Waals surface area contributed by atoms with Crippen molar-refractivity contribution in [3.05, 3.63) is 39.9 Å². The molecular formula is C13H19N3O2. The van der Waals surface area contributed by atoms with Crippen molar-refractivity contribution in [3.63, 3.8) is 0 Å². The van der Waals surface area contributed by atoms with Gasteiger partial charge in [-0.2, -0.15) is 0 Å². The van der Waals surface area contributed by atoms with Crippen LogP contribution in [0.3, 0.4) is 0 Å². The fraction of sp³-hybridized carbons (Fsp3) is 0.538. The number of nitrogens with zero attached hydrogens (tertiary/aromatic N) is 2. The van der Waals surface area contributed by atoms with Crippen molar-refractivity contribution in [2.75, 3.05) is 19.6 Å². The third kappa shape index (κ3) is 3.27. The second-order valence-corrected chi connectivity index (χ2v) is 4.81. The van der Waals surface area contributed by atoms with E-state index in [9.17, 15) is 10.1 Å². The molecule has 0 amide bonds. The van der Waals surface area contributed by atoms with Crippen LogP contribution in [-0.4, -0.2) is 35.5 Å². The lowest BCUT2D eigenvalue weighted by Gasteiger charge is -2.29. The second kappa shape index (κ2) is 5.93. The van der Waals surface area contributed by atoms with Crippen molar-refractivity contribution in [1.82, 2.24) is 4.90 Å². The summed E-state index contributed by atoms with van der Waals surface area (Å²) in [4.78, 5) is 12.9. The molecule has 1 fully saturated rings. The zero-order valence-corrected chi connectivity index (χ0v) is 10.4. The number of rotatable bonds is 4. The Morgan fingerprint density at radius 1 is 1.33 bits per heavy atom. The Kier molecular flexibility index (Phi) is 4.28. The molecule has 5 nitrogen and oxygen atoms in total. The molecule has 0 aromatic heterocycles. The summed E-state index contributed by atoms with van der Waals surface area (Å²) in [6.07, 6.45) is 2.78. The van der Waals surface area contributed by atoms with E-state index < -0.39 is 0 Å². The largest absolute Gasteiger partial charge is 0.328 e. The maximum atomic E-state index is 10.9. The lowest BCUT2D eigenvalue weighted by Crippen LogP contribution is -2.40. The summed E-state index contributed by atoms with van der Waals surface area (Å²) in [5.41, 5.74) is 6.90. The minimum Gasteiger partial charge on any atom is -0.328 e. The van der Waals surface area contributed by atoms with Crippen molar-refractivity contribution < 1.29 is 4.92 Å². The standard InChI is InChI=1S/C13H19N3O2/c14-12-6-9-15(10-7-12)8-5-11-3-1-2-4-13(11)16(17)18/h1-4,12H,5-10,14H2. The highest BCUT2D eigenvalue weighted by molar-refractivity contribution is 5.39. The zero-order chi connectivity index (χ0) is 13.0. The lowest BCUT2D eigenvalue weighted by molar-refractivity contribution is -0.385. The molecule has 0 radical (unpaired) electrons. The van der Waals surface area contributed by atoms with E-state index >= 15 is 0 Å². The van der Waals surface area contributed by atoms with E-state index in [1.165, 1.54) is 0 Å². The third-order valence-corrected chi connectivity index (χ3v) is 3.52. The molecule has 1 heterocycles. The van der Waals surface area contributed by atoms with Crippen molar-refractivity contribution in [2.45, 2.75) is 25.3 Å². The molecule has 1 saturated heterocycles. The smallest absolute Gasteiger partial charge is 0.272 e. The van der Waals surface area contributed by atoms with Gasteiger partial charge in [-0.25, -0.2) is 0 Å². The van der Waals surface area contributed by atoms with Crippen LogP contribution in [0.25, 0.3) is 0 Å². The lowest BCUT2D eigenvalue weighted by atomic mass is 10.0. The molecule has 0 unspecified atom stereocenters. The van der Waals surface area contributed by atoms with Crippen molar-refractivity contribution >= 4 is 5.69 Å². The average Bonchev–Trinajstić information content (AvgIpc) is 2.38. The average molecular weight is 249 g/mol. The van der Waals surface area contributed by atoms with Gasteiger partial charge in [0.25, 0.3) is 5.69 Å². The first kappa shape index (κ1) is 13.0. The van der Waals surface area contributed by atoms with Gasteiger partial charge in [0.05, 0.1) is 4.92 Å². The highest BCUT2D eigenvalue weighted by Crippen LogP contribution is 2.19. The van der Waals surface area contributed by atoms with E-state index in [0.29, 0.717) is 6.04 Å². The van der Waals surface area contributed by atoms with Gasteiger partial charge in [-0.15, -0.1) is 0 Å². The Morgan fingerprint density at radius 2 is 2.00 bits per heavy atom. The Bertz CT molecular complexity index is 414. The maximum absolute atomic E-state index is 10.9. The summed E-state index contributed by atoms with van der Waals surface area (Å²) < 4.78 is 0. The molecule has 1 aromatic carbocycles. The number of hydrogen-bond donors (Lipinski definition) is 1. The number of piperidine rings is 1. The molecule has 1 aliphatic heterocycles. The van der Waals surface area contributed by atoms with E-state index in [4.69, 9.17) is 5.73 Å². The first-order chi connectivity index (χ1) is 8.66. The third-order valence-electron chi connectivity index (χ3n) is 3.52. The number of nitro groups is 1. The Morgan fingerprint density at radius 3 is 2.67 bits per heavy atom. The van der Waals surface area contributed by atoms with Crippen LogP contribution >= 0.6 is 0 Å². The first-order valence-corrected chi connectivity index (χ1v) is 6.37. The summed E-state index contributed by atoms with van der Waals surface area (Å²) >= 11 is 0. The molecule has 18 heavy (non-hydrogen) atoms. The van der Waals surface area contributed by atoms with Crippen LogP contribution in [0, 0.1) is 10.1 Å². The van der Waals surface area contributed by atoms with Gasteiger partial charge in [0.15, 0.2) is 0 Å². The number of nitro benzene ring substituents is 1. The summed E-state index contributed by atoms with van der Waals surface area (Å²) in [5, 5.41) is 10.9. The highest BCUT2D eigenvalue weighted by Gasteiger charge is 2.17. The molecule has 2 rings (SSSR count). The Hall–Kier alpha value is -1.46. The zero-order valence-electron chi connectivity index (χ0n) is 10.4. The molecule has 0 saturated carbocycles. The second-order valence-electron chi connectivity index (χ2n) is 4.81. The molecule has 1 aliphatic rings. The highest BCUT2D eigenvalue weighted by atomic mass is 16.6. The van der Waals surface area contributed by atoms with E-state index in [2.05, 4.69) is 4.90 Å². The van der Waals surface area contributed by atoms with Gasteiger partial charge in [0.1, 0.15) is 0 Å². The summed E-state index contributed by atoms with van der Waals surface area (Å²) in [6, 6.07) is 7.30. The Labute approximate surface area is 107 Å². The predicted octanol–water partition coefficient (Wildman–Crippen LogP) is 1.56. The van der Waals surface area contributed by atoms with Gasteiger partial charge in [-0.3, -0.25) is 10.1 Å². The van der Waals surface area contributed by atoms with Crippen molar-refractivity contribution in [2.24, 2.45) is 5.73 Å². The summed E-state index contributed by atoms with van der Waals surface area (Å²) in [7, 11) is 0. The minimum atomic E-state index is -0.304. The van der Waals surface area contributed by atoms with Crippen LogP contribution in [0.5, 0.6) is 0 Å². The molecule has 0 atom stereocenters. The normalized spacial score (nSPS) is 17.8. The van der Waals surface area contributed by atoms with Gasteiger partial charge in [0.2, 0.25) is 0 Å². The van der Waals surface area contributed by atoms with Crippen molar-refractivity contribution in [1.29, 1.82) is 0 Å². The predicted molar refractivity (Wildman–Crippen MR) is 70.4 cm³/mol. The monoisotopic (exact) mass is 249 g/mol. The van der Waals surface area contributed by atoms with E-state index in [-0.39, 0.29) is 10.6 Å². The molecule has 2 N–H and O–H groups in total.